The van der Waals surface area contributed by atoms with Crippen LogP contribution in [-0.4, -0.2) is 39.5 Å². The molecule has 0 spiro atoms. The Morgan fingerprint density at radius 1 is 0.727 bits per heavy atom. The van der Waals surface area contributed by atoms with Crippen LogP contribution in [0.5, 0.6) is 0 Å². The zero-order chi connectivity index (χ0) is 9.28. The van der Waals surface area contributed by atoms with Crippen molar-refractivity contribution >= 4 is 39.5 Å². The van der Waals surface area contributed by atoms with Crippen LogP contribution in [0.4, 0.5) is 0 Å². The third-order valence-corrected chi connectivity index (χ3v) is 10.1. The second kappa shape index (κ2) is 11.6. The average molecular weight is 370 g/mol. The molecular formula is C9H24Sn2. The Hall–Kier alpha value is 1.60. The average Bonchev–Trinajstić information content (AvgIpc) is 1.90. The van der Waals surface area contributed by atoms with Crippen LogP contribution in [0, 0.1) is 0 Å². The molecule has 0 aromatic heterocycles. The molecule has 0 aromatic carbocycles. The quantitative estimate of drug-likeness (QED) is 0.662. The molecule has 0 fully saturated rings. The molecule has 2 radical (unpaired) electrons. The summed E-state index contributed by atoms with van der Waals surface area (Å²) >= 11 is -1.20. The first-order valence-electron chi connectivity index (χ1n) is 4.68. The second-order valence-corrected chi connectivity index (χ2v) is 22.2. The van der Waals surface area contributed by atoms with Gasteiger partial charge in [-0.25, -0.2) is 0 Å². The zero-order valence-corrected chi connectivity index (χ0v) is 14.8. The van der Waals surface area contributed by atoms with Gasteiger partial charge in [-0.15, -0.1) is 0 Å². The molecule has 0 aromatic rings. The predicted molar refractivity (Wildman–Crippen MR) is 60.5 cm³/mol. The molecule has 2 heteroatoms. The Morgan fingerprint density at radius 3 is 0.909 bits per heavy atom. The molecule has 0 aliphatic carbocycles. The van der Waals surface area contributed by atoms with Gasteiger partial charge in [0.2, 0.25) is 0 Å². The molecule has 0 saturated carbocycles. The van der Waals surface area contributed by atoms with Crippen LogP contribution in [0.25, 0.3) is 0 Å². The van der Waals surface area contributed by atoms with E-state index in [2.05, 4.69) is 35.6 Å². The maximum absolute atomic E-state index is 2.36. The fraction of sp³-hybridized carbons (Fsp3) is 1.00. The molecule has 0 rings (SSSR count). The van der Waals surface area contributed by atoms with Crippen LogP contribution in [0.2, 0.25) is 28.1 Å². The molecular weight excluding hydrogens is 346 g/mol. The summed E-state index contributed by atoms with van der Waals surface area (Å²) in [5.74, 6) is 0. The molecule has 0 N–H and O–H groups in total. The Balaban J connectivity index is 0. The van der Waals surface area contributed by atoms with E-state index in [4.69, 9.17) is 0 Å². The summed E-state index contributed by atoms with van der Waals surface area (Å²) < 4.78 is 4.65. The summed E-state index contributed by atoms with van der Waals surface area (Å²) in [4.78, 5) is 7.09. The number of hydrogen-bond donors (Lipinski definition) is 0. The molecule has 0 aliphatic heterocycles. The first-order valence-corrected chi connectivity index (χ1v) is 19.3. The van der Waals surface area contributed by atoms with Crippen LogP contribution >= 0.6 is 0 Å². The minimum absolute atomic E-state index is 0.543. The van der Waals surface area contributed by atoms with E-state index in [9.17, 15) is 0 Å². The molecule has 11 heavy (non-hydrogen) atoms. The van der Waals surface area contributed by atoms with E-state index in [1.165, 1.54) is 0 Å². The Labute approximate surface area is 87.6 Å². The predicted octanol–water partition coefficient (Wildman–Crippen LogP) is 3.91. The van der Waals surface area contributed by atoms with Crippen molar-refractivity contribution < 1.29 is 0 Å². The molecule has 0 heterocycles. The van der Waals surface area contributed by atoms with Crippen molar-refractivity contribution in [2.45, 2.75) is 48.9 Å². The number of rotatable bonds is 3. The van der Waals surface area contributed by atoms with Crippen LogP contribution < -0.4 is 0 Å². The first kappa shape index (κ1) is 15.1. The monoisotopic (exact) mass is 372 g/mol. The van der Waals surface area contributed by atoms with Crippen LogP contribution in [0.1, 0.15) is 20.8 Å². The molecule has 0 amide bonds. The molecule has 0 saturated heterocycles. The summed E-state index contributed by atoms with van der Waals surface area (Å²) in [7, 11) is 0. The standard InChI is InChI=1S/3C2H5.3CH3.2Sn/c3*1-2;;;;;/h3*1H2,2H3;3*1H3;;. The van der Waals surface area contributed by atoms with Crippen molar-refractivity contribution in [1.29, 1.82) is 0 Å². The Morgan fingerprint density at radius 2 is 0.909 bits per heavy atom. The fourth-order valence-corrected chi connectivity index (χ4v) is 5.03. The van der Waals surface area contributed by atoms with Crippen molar-refractivity contribution in [2.24, 2.45) is 0 Å². The second-order valence-electron chi connectivity index (χ2n) is 3.31. The van der Waals surface area contributed by atoms with Gasteiger partial charge in [-0.05, 0) is 0 Å². The van der Waals surface area contributed by atoms with E-state index < -0.39 is 39.5 Å². The van der Waals surface area contributed by atoms with Crippen LogP contribution in [0.3, 0.4) is 0 Å². The summed E-state index contributed by atoms with van der Waals surface area (Å²) in [5, 5.41) is 0. The molecule has 0 atom stereocenters. The van der Waals surface area contributed by atoms with Gasteiger partial charge in [0, 0.05) is 0 Å². The van der Waals surface area contributed by atoms with E-state index >= 15 is 0 Å². The van der Waals surface area contributed by atoms with E-state index in [0.717, 1.165) is 0 Å². The molecule has 0 bridgehead atoms. The van der Waals surface area contributed by atoms with Gasteiger partial charge in [-0.3, -0.25) is 0 Å². The van der Waals surface area contributed by atoms with E-state index in [1.807, 2.05) is 0 Å². The van der Waals surface area contributed by atoms with Gasteiger partial charge in [-0.2, -0.15) is 0 Å². The Kier molecular flexibility index (Phi) is 15.9. The van der Waals surface area contributed by atoms with Gasteiger partial charge in [0.05, 0.1) is 0 Å². The third-order valence-electron chi connectivity index (χ3n) is 1.50. The summed E-state index contributed by atoms with van der Waals surface area (Å²) in [6.07, 6.45) is 0. The van der Waals surface area contributed by atoms with Crippen LogP contribution in [-0.2, 0) is 0 Å². The van der Waals surface area contributed by atoms with Crippen molar-refractivity contribution in [3.8, 4) is 0 Å². The molecule has 0 aliphatic rings. The topological polar surface area (TPSA) is 0 Å². The van der Waals surface area contributed by atoms with Gasteiger partial charge in [0.25, 0.3) is 0 Å². The van der Waals surface area contributed by atoms with Crippen molar-refractivity contribution in [2.75, 3.05) is 0 Å². The maximum atomic E-state index is 2.36. The molecule has 68 valence electrons. The normalized spacial score (nSPS) is 9.82. The van der Waals surface area contributed by atoms with Gasteiger partial charge >= 0.3 is 88.4 Å². The molecule has 0 nitrogen and oxygen atoms in total. The van der Waals surface area contributed by atoms with Crippen molar-refractivity contribution in [1.82, 2.24) is 0 Å². The zero-order valence-electron chi connectivity index (χ0n) is 9.12. The molecule has 0 unspecified atom stereocenters. The van der Waals surface area contributed by atoms with Gasteiger partial charge in [0.15, 0.2) is 0 Å². The Bertz CT molecular complexity index is 50.3. The van der Waals surface area contributed by atoms with E-state index in [1.54, 1.807) is 13.3 Å². The minimum atomic E-state index is -0.653. The fourth-order valence-electron chi connectivity index (χ4n) is 0.750. The van der Waals surface area contributed by atoms with E-state index in [-0.39, 0.29) is 0 Å². The SMILES string of the molecule is C[CH2][Sn]([CH2]C)[CH2]C.[CH3][Sn]([CH3])[CH3]. The van der Waals surface area contributed by atoms with Gasteiger partial charge in [0.1, 0.15) is 0 Å². The first-order chi connectivity index (χ1) is 5.08. The van der Waals surface area contributed by atoms with E-state index in [0.29, 0.717) is 0 Å². The van der Waals surface area contributed by atoms with Crippen LogP contribution in [0.15, 0.2) is 0 Å². The van der Waals surface area contributed by atoms with Gasteiger partial charge < -0.3 is 0 Å². The summed E-state index contributed by atoms with van der Waals surface area (Å²) in [6, 6.07) is 0. The van der Waals surface area contributed by atoms with Crippen molar-refractivity contribution in [3.63, 3.8) is 0 Å². The number of hydrogen-bond acceptors (Lipinski definition) is 0. The van der Waals surface area contributed by atoms with Gasteiger partial charge in [-0.1, -0.05) is 0 Å². The summed E-state index contributed by atoms with van der Waals surface area (Å²) in [6.45, 7) is 7.05. The summed E-state index contributed by atoms with van der Waals surface area (Å²) in [5.41, 5.74) is 0. The van der Waals surface area contributed by atoms with Crippen molar-refractivity contribution in [3.05, 3.63) is 0 Å². The third kappa shape index (κ3) is 18.5.